The fraction of sp³-hybridized carbons (Fsp3) is 0.364. The molecule has 1 aromatic rings. The number of nitrogens with zero attached hydrogens (tertiary/aromatic N) is 2. The second-order valence-corrected chi connectivity index (χ2v) is 5.89. The molecule has 0 aliphatic heterocycles. The summed E-state index contributed by atoms with van der Waals surface area (Å²) in [6.45, 7) is 3.32. The van der Waals surface area contributed by atoms with Crippen LogP contribution < -0.4 is 10.5 Å². The molecule has 19 heavy (non-hydrogen) atoms. The lowest BCUT2D eigenvalue weighted by Gasteiger charge is -2.19. The molecule has 0 fully saturated rings. The van der Waals surface area contributed by atoms with Gasteiger partial charge in [0.25, 0.3) is 0 Å². The Hall–Kier alpha value is -1.98. The summed E-state index contributed by atoms with van der Waals surface area (Å²) in [5.74, 6) is -1.09. The minimum atomic E-state index is -4.03. The van der Waals surface area contributed by atoms with Crippen LogP contribution in [0.25, 0.3) is 0 Å². The first-order valence-electron chi connectivity index (χ1n) is 5.46. The lowest BCUT2D eigenvalue weighted by Crippen LogP contribution is -2.47. The molecule has 0 aliphatic carbocycles. The second-order valence-electron chi connectivity index (χ2n) is 4.21. The number of primary amides is 1. The van der Waals surface area contributed by atoms with Crippen LogP contribution in [0.3, 0.4) is 0 Å². The summed E-state index contributed by atoms with van der Waals surface area (Å²) in [5, 5.41) is 8.84. The van der Waals surface area contributed by atoms with Gasteiger partial charge in [0.2, 0.25) is 15.9 Å². The van der Waals surface area contributed by atoms with E-state index in [1.54, 1.807) is 19.9 Å². The zero-order chi connectivity index (χ0) is 14.6. The van der Waals surface area contributed by atoms with Crippen molar-refractivity contribution >= 4 is 15.9 Å². The Morgan fingerprint density at radius 2 is 2.16 bits per heavy atom. The lowest BCUT2D eigenvalue weighted by atomic mass is 10.1. The highest BCUT2D eigenvalue weighted by Crippen LogP contribution is 2.14. The van der Waals surface area contributed by atoms with Gasteiger partial charge < -0.3 is 5.73 Å². The summed E-state index contributed by atoms with van der Waals surface area (Å²) < 4.78 is 26.4. The molecule has 0 saturated heterocycles. The van der Waals surface area contributed by atoms with Gasteiger partial charge in [-0.25, -0.2) is 13.4 Å². The van der Waals surface area contributed by atoms with Crippen molar-refractivity contribution < 1.29 is 13.2 Å². The number of amides is 1. The molecule has 1 rings (SSSR count). The zero-order valence-electron chi connectivity index (χ0n) is 10.5. The second kappa shape index (κ2) is 5.77. The fourth-order valence-corrected chi connectivity index (χ4v) is 2.90. The van der Waals surface area contributed by atoms with Gasteiger partial charge in [0.15, 0.2) is 5.69 Å². The van der Waals surface area contributed by atoms with Gasteiger partial charge in [0.05, 0.1) is 0 Å². The molecular weight excluding hydrogens is 268 g/mol. The number of aromatic nitrogens is 1. The average Bonchev–Trinajstić information content (AvgIpc) is 2.35. The van der Waals surface area contributed by atoms with E-state index in [2.05, 4.69) is 9.71 Å². The summed E-state index contributed by atoms with van der Waals surface area (Å²) in [5.41, 5.74) is 4.91. The molecule has 0 radical (unpaired) electrons. The zero-order valence-corrected chi connectivity index (χ0v) is 11.3. The van der Waals surface area contributed by atoms with Crippen molar-refractivity contribution in [1.82, 2.24) is 9.71 Å². The summed E-state index contributed by atoms with van der Waals surface area (Å²) in [6.07, 6.45) is 1.31. The molecule has 0 bridgehead atoms. The number of pyridine rings is 1. The van der Waals surface area contributed by atoms with E-state index in [-0.39, 0.29) is 16.5 Å². The van der Waals surface area contributed by atoms with Crippen LogP contribution in [-0.2, 0) is 14.8 Å². The minimum Gasteiger partial charge on any atom is -0.368 e. The Bertz CT molecular complexity index is 619. The molecule has 0 aliphatic rings. The van der Waals surface area contributed by atoms with Gasteiger partial charge in [-0.05, 0) is 18.1 Å². The van der Waals surface area contributed by atoms with E-state index in [0.29, 0.717) is 0 Å². The van der Waals surface area contributed by atoms with Crippen molar-refractivity contribution in [3.8, 4) is 6.07 Å². The summed E-state index contributed by atoms with van der Waals surface area (Å²) in [7, 11) is -4.03. The maximum absolute atomic E-state index is 12.1. The number of carbonyl (C=O) groups is 1. The number of nitrogens with one attached hydrogen (secondary N) is 1. The normalized spacial score (nSPS) is 12.9. The molecule has 1 unspecified atom stereocenters. The third-order valence-electron chi connectivity index (χ3n) is 2.42. The maximum atomic E-state index is 12.1. The predicted octanol–water partition coefficient (Wildman–Crippen LogP) is -0.259. The van der Waals surface area contributed by atoms with Gasteiger partial charge in [-0.1, -0.05) is 13.8 Å². The van der Waals surface area contributed by atoms with Gasteiger partial charge in [-0.2, -0.15) is 9.98 Å². The van der Waals surface area contributed by atoms with E-state index in [1.807, 2.05) is 0 Å². The highest BCUT2D eigenvalue weighted by atomic mass is 32.2. The van der Waals surface area contributed by atoms with E-state index in [9.17, 15) is 13.2 Å². The van der Waals surface area contributed by atoms with Crippen LogP contribution in [0.1, 0.15) is 19.5 Å². The van der Waals surface area contributed by atoms with Crippen molar-refractivity contribution in [1.29, 1.82) is 5.26 Å². The predicted molar refractivity (Wildman–Crippen MR) is 67.1 cm³/mol. The molecule has 0 saturated carbocycles. The quantitative estimate of drug-likeness (QED) is 0.769. The molecule has 7 nitrogen and oxygen atoms in total. The molecule has 0 spiro atoms. The molecule has 0 aromatic carbocycles. The van der Waals surface area contributed by atoms with Crippen LogP contribution in [0.15, 0.2) is 23.2 Å². The Labute approximate surface area is 111 Å². The SMILES string of the molecule is CC(C)C(NS(=O)(=O)c1cccnc1C#N)C(N)=O. The van der Waals surface area contributed by atoms with Crippen molar-refractivity contribution in [3.63, 3.8) is 0 Å². The van der Waals surface area contributed by atoms with E-state index in [0.717, 1.165) is 0 Å². The van der Waals surface area contributed by atoms with Crippen molar-refractivity contribution in [2.45, 2.75) is 24.8 Å². The van der Waals surface area contributed by atoms with Crippen LogP contribution in [0.5, 0.6) is 0 Å². The van der Waals surface area contributed by atoms with Gasteiger partial charge in [-0.15, -0.1) is 0 Å². The monoisotopic (exact) mass is 282 g/mol. The summed E-state index contributed by atoms with van der Waals surface area (Å²) >= 11 is 0. The molecule has 1 aromatic heterocycles. The number of sulfonamides is 1. The number of hydrogen-bond acceptors (Lipinski definition) is 5. The third-order valence-corrected chi connectivity index (χ3v) is 3.89. The van der Waals surface area contributed by atoms with Crippen LogP contribution in [0.4, 0.5) is 0 Å². The van der Waals surface area contributed by atoms with Crippen molar-refractivity contribution in [2.24, 2.45) is 11.7 Å². The lowest BCUT2D eigenvalue weighted by molar-refractivity contribution is -0.120. The minimum absolute atomic E-state index is 0.234. The molecule has 102 valence electrons. The first kappa shape index (κ1) is 15.1. The standard InChI is InChI=1S/C11H14N4O3S/c1-7(2)10(11(13)16)15-19(17,18)9-4-3-5-14-8(9)6-12/h3-5,7,10,15H,1-2H3,(H2,13,16). The first-order chi connectivity index (χ1) is 8.79. The Kier molecular flexibility index (Phi) is 4.58. The van der Waals surface area contributed by atoms with Crippen LogP contribution in [0, 0.1) is 17.2 Å². The van der Waals surface area contributed by atoms with Crippen molar-refractivity contribution in [2.75, 3.05) is 0 Å². The Morgan fingerprint density at radius 3 is 2.63 bits per heavy atom. The highest BCUT2D eigenvalue weighted by Gasteiger charge is 2.28. The van der Waals surface area contributed by atoms with Crippen molar-refractivity contribution in [3.05, 3.63) is 24.0 Å². The van der Waals surface area contributed by atoms with E-state index >= 15 is 0 Å². The van der Waals surface area contributed by atoms with Crippen LogP contribution in [0.2, 0.25) is 0 Å². The molecule has 8 heteroatoms. The topological polar surface area (TPSA) is 126 Å². The summed E-state index contributed by atoms with van der Waals surface area (Å²) in [4.78, 5) is 14.6. The first-order valence-corrected chi connectivity index (χ1v) is 6.94. The maximum Gasteiger partial charge on any atom is 0.244 e. The average molecular weight is 282 g/mol. The molecule has 1 amide bonds. The van der Waals surface area contributed by atoms with Crippen LogP contribution >= 0.6 is 0 Å². The molecule has 1 heterocycles. The fourth-order valence-electron chi connectivity index (χ4n) is 1.44. The van der Waals surface area contributed by atoms with E-state index < -0.39 is 22.0 Å². The highest BCUT2D eigenvalue weighted by molar-refractivity contribution is 7.89. The van der Waals surface area contributed by atoms with E-state index in [4.69, 9.17) is 11.0 Å². The van der Waals surface area contributed by atoms with E-state index in [1.165, 1.54) is 18.3 Å². The number of rotatable bonds is 5. The van der Waals surface area contributed by atoms with Gasteiger partial charge in [-0.3, -0.25) is 4.79 Å². The van der Waals surface area contributed by atoms with Gasteiger partial charge in [0, 0.05) is 6.20 Å². The molecular formula is C11H14N4O3S. The smallest absolute Gasteiger partial charge is 0.244 e. The molecule has 1 atom stereocenters. The number of carbonyl (C=O) groups excluding carboxylic acids is 1. The van der Waals surface area contributed by atoms with Gasteiger partial charge >= 0.3 is 0 Å². The number of nitrogens with two attached hydrogens (primary N) is 1. The number of hydrogen-bond donors (Lipinski definition) is 2. The Balaban J connectivity index is 3.19. The molecule has 3 N–H and O–H groups in total. The van der Waals surface area contributed by atoms with Crippen LogP contribution in [-0.4, -0.2) is 25.4 Å². The summed E-state index contributed by atoms with van der Waals surface area (Å²) in [6, 6.07) is 3.28. The third kappa shape index (κ3) is 3.49. The Morgan fingerprint density at radius 1 is 1.53 bits per heavy atom. The number of nitriles is 1. The largest absolute Gasteiger partial charge is 0.368 e. The van der Waals surface area contributed by atoms with Gasteiger partial charge in [0.1, 0.15) is 17.0 Å².